The van der Waals surface area contributed by atoms with Crippen LogP contribution in [0, 0.1) is 5.92 Å². The van der Waals surface area contributed by atoms with Gasteiger partial charge in [-0.25, -0.2) is 4.39 Å². The van der Waals surface area contributed by atoms with Crippen molar-refractivity contribution in [3.05, 3.63) is 35.1 Å². The van der Waals surface area contributed by atoms with E-state index in [-0.39, 0.29) is 6.04 Å². The van der Waals surface area contributed by atoms with E-state index in [1.165, 1.54) is 17.2 Å². The topological polar surface area (TPSA) is 77.3 Å². The molecule has 7 nitrogen and oxygen atoms in total. The molecular weight excluding hydrogens is 341 g/mol. The molecule has 0 amide bonds. The number of halogens is 1. The third-order valence-corrected chi connectivity index (χ3v) is 5.70. The number of ketones is 1. The number of hydrogen-bond acceptors (Lipinski definition) is 6. The molecule has 0 unspecified atom stereocenters. The second kappa shape index (κ2) is 6.12. The number of likely N-dealkylation sites (N-methyl/N-ethyl adjacent to an activating group) is 1. The molecule has 0 radical (unpaired) electrons. The SMILES string of the molecule is C[C@@H]1COC2=C(N3CC[NH+](C)CC3)C(F)=C[C@H]3C(=O)C(C(=O)[O-])=CN1[C@H]23. The maximum absolute atomic E-state index is 15.0. The monoisotopic (exact) mass is 363 g/mol. The van der Waals surface area contributed by atoms with E-state index < -0.39 is 35.1 Å². The molecule has 3 heterocycles. The maximum Gasteiger partial charge on any atom is 0.175 e. The zero-order chi connectivity index (χ0) is 18.6. The molecule has 26 heavy (non-hydrogen) atoms. The van der Waals surface area contributed by atoms with Crippen molar-refractivity contribution in [2.24, 2.45) is 5.92 Å². The van der Waals surface area contributed by atoms with Gasteiger partial charge in [0.1, 0.15) is 29.9 Å². The van der Waals surface area contributed by atoms with Crippen LogP contribution in [0.1, 0.15) is 6.92 Å². The highest BCUT2D eigenvalue weighted by molar-refractivity contribution is 6.18. The largest absolute Gasteiger partial charge is 0.545 e. The predicted octanol–water partition coefficient (Wildman–Crippen LogP) is -2.18. The zero-order valence-electron chi connectivity index (χ0n) is 14.8. The lowest BCUT2D eigenvalue weighted by Gasteiger charge is -2.49. The minimum atomic E-state index is -1.53. The maximum atomic E-state index is 15.0. The van der Waals surface area contributed by atoms with Crippen molar-refractivity contribution in [1.82, 2.24) is 9.80 Å². The molecule has 0 aromatic carbocycles. The summed E-state index contributed by atoms with van der Waals surface area (Å²) in [4.78, 5) is 29.1. The molecule has 0 saturated carbocycles. The Bertz CT molecular complexity index is 752. The molecule has 8 heteroatoms. The number of carbonyl (C=O) groups excluding carboxylic acids is 2. The number of ether oxygens (including phenoxy) is 1. The smallest absolute Gasteiger partial charge is 0.175 e. The van der Waals surface area contributed by atoms with Gasteiger partial charge in [0.25, 0.3) is 0 Å². The number of piperazine rings is 1. The summed E-state index contributed by atoms with van der Waals surface area (Å²) in [6.45, 7) is 5.39. The molecule has 3 aliphatic heterocycles. The van der Waals surface area contributed by atoms with E-state index >= 15 is 4.39 Å². The fraction of sp³-hybridized carbons (Fsp3) is 0.556. The average molecular weight is 363 g/mol. The van der Waals surface area contributed by atoms with E-state index in [4.69, 9.17) is 4.74 Å². The summed E-state index contributed by atoms with van der Waals surface area (Å²) in [5, 5.41) is 11.3. The Balaban J connectivity index is 1.78. The van der Waals surface area contributed by atoms with Gasteiger partial charge in [0.05, 0.1) is 56.7 Å². The van der Waals surface area contributed by atoms with Crippen molar-refractivity contribution < 1.29 is 28.7 Å². The first-order chi connectivity index (χ1) is 12.4. The van der Waals surface area contributed by atoms with Crippen LogP contribution in [-0.4, -0.2) is 73.5 Å². The van der Waals surface area contributed by atoms with Crippen LogP contribution in [0.4, 0.5) is 4.39 Å². The number of Topliss-reactive ketones (excluding diaryl/α,β-unsaturated/α-hetero) is 1. The number of nitrogens with one attached hydrogen (secondary N) is 1. The fourth-order valence-electron chi connectivity index (χ4n) is 4.18. The van der Waals surface area contributed by atoms with E-state index in [9.17, 15) is 14.7 Å². The Morgan fingerprint density at radius 1 is 1.38 bits per heavy atom. The molecule has 2 saturated heterocycles. The summed E-state index contributed by atoms with van der Waals surface area (Å²) in [6, 6.07) is -0.628. The van der Waals surface area contributed by atoms with Crippen molar-refractivity contribution >= 4 is 11.8 Å². The number of carbonyl (C=O) groups is 2. The second-order valence-electron chi connectivity index (χ2n) is 7.44. The molecule has 1 N–H and O–H groups in total. The Morgan fingerprint density at radius 3 is 2.73 bits per heavy atom. The standard InChI is InChI=1S/C18H22FN3O4/c1-10-9-26-17-14-11(16(23)12(18(24)25)8-22(10)14)7-13(19)15(17)21-5-3-20(2)4-6-21/h7-8,10-11,14H,3-6,9H2,1-2H3,(H,24,25)/t10-,11-,14+/m1/s1. The van der Waals surface area contributed by atoms with E-state index in [0.717, 1.165) is 13.1 Å². The van der Waals surface area contributed by atoms with Crippen molar-refractivity contribution in [3.8, 4) is 0 Å². The van der Waals surface area contributed by atoms with Crippen LogP contribution in [0.15, 0.2) is 35.1 Å². The van der Waals surface area contributed by atoms with Gasteiger partial charge in [-0.1, -0.05) is 0 Å². The number of hydrogen-bond donors (Lipinski definition) is 1. The quantitative estimate of drug-likeness (QED) is 0.562. The third kappa shape index (κ3) is 2.51. The number of quaternary nitrogens is 1. The highest BCUT2D eigenvalue weighted by Gasteiger charge is 2.49. The van der Waals surface area contributed by atoms with Crippen molar-refractivity contribution in [2.45, 2.75) is 19.0 Å². The first-order valence-corrected chi connectivity index (χ1v) is 8.94. The lowest BCUT2D eigenvalue weighted by atomic mass is 9.80. The van der Waals surface area contributed by atoms with E-state index in [0.29, 0.717) is 31.2 Å². The first-order valence-electron chi connectivity index (χ1n) is 8.94. The van der Waals surface area contributed by atoms with Crippen LogP contribution in [0.2, 0.25) is 0 Å². The van der Waals surface area contributed by atoms with Crippen LogP contribution in [0.25, 0.3) is 0 Å². The molecule has 4 rings (SSSR count). The van der Waals surface area contributed by atoms with Gasteiger partial charge in [-0.05, 0) is 13.0 Å². The number of rotatable bonds is 2. The lowest BCUT2D eigenvalue weighted by molar-refractivity contribution is -0.884. The van der Waals surface area contributed by atoms with Crippen LogP contribution in [0.5, 0.6) is 0 Å². The Labute approximate surface area is 151 Å². The summed E-state index contributed by atoms with van der Waals surface area (Å²) in [7, 11) is 2.10. The summed E-state index contributed by atoms with van der Waals surface area (Å²) in [6.07, 6.45) is 2.59. The number of aliphatic carboxylic acids is 1. The van der Waals surface area contributed by atoms with Crippen LogP contribution in [-0.2, 0) is 14.3 Å². The summed E-state index contributed by atoms with van der Waals surface area (Å²) < 4.78 is 20.9. The van der Waals surface area contributed by atoms with Crippen LogP contribution < -0.4 is 10.0 Å². The molecule has 0 aromatic heterocycles. The van der Waals surface area contributed by atoms with Gasteiger partial charge in [0.15, 0.2) is 5.78 Å². The third-order valence-electron chi connectivity index (χ3n) is 5.70. The molecule has 2 fully saturated rings. The van der Waals surface area contributed by atoms with E-state index in [1.807, 2.05) is 11.8 Å². The van der Waals surface area contributed by atoms with E-state index in [1.54, 1.807) is 4.90 Å². The Morgan fingerprint density at radius 2 is 2.08 bits per heavy atom. The fourth-order valence-corrected chi connectivity index (χ4v) is 4.18. The Hall–Kier alpha value is -2.35. The molecule has 0 aromatic rings. The van der Waals surface area contributed by atoms with Gasteiger partial charge >= 0.3 is 0 Å². The molecule has 140 valence electrons. The van der Waals surface area contributed by atoms with Gasteiger partial charge in [0, 0.05) is 6.20 Å². The average Bonchev–Trinajstić information content (AvgIpc) is 2.60. The second-order valence-corrected chi connectivity index (χ2v) is 7.44. The molecule has 0 spiro atoms. The number of carboxylic acids is 1. The van der Waals surface area contributed by atoms with E-state index in [2.05, 4.69) is 7.05 Å². The number of carboxylic acid groups (broad SMARTS) is 1. The Kier molecular flexibility index (Phi) is 4.02. The first kappa shape index (κ1) is 17.1. The van der Waals surface area contributed by atoms with Crippen molar-refractivity contribution in [1.29, 1.82) is 0 Å². The summed E-state index contributed by atoms with van der Waals surface area (Å²) in [5.41, 5.74) is 0.00352. The molecule has 1 aliphatic carbocycles. The zero-order valence-corrected chi connectivity index (χ0v) is 14.8. The molecule has 0 bridgehead atoms. The van der Waals surface area contributed by atoms with Gasteiger partial charge in [0.2, 0.25) is 0 Å². The van der Waals surface area contributed by atoms with Crippen molar-refractivity contribution in [2.75, 3.05) is 39.8 Å². The van der Waals surface area contributed by atoms with Gasteiger partial charge in [-0.2, -0.15) is 0 Å². The summed E-state index contributed by atoms with van der Waals surface area (Å²) in [5.74, 6) is -3.14. The number of nitrogens with zero attached hydrogens (tertiary/aromatic N) is 2. The normalized spacial score (nSPS) is 32.0. The van der Waals surface area contributed by atoms with Crippen LogP contribution in [0.3, 0.4) is 0 Å². The number of morpholine rings is 1. The van der Waals surface area contributed by atoms with Crippen LogP contribution >= 0.6 is 0 Å². The van der Waals surface area contributed by atoms with Gasteiger partial charge in [-0.15, -0.1) is 0 Å². The van der Waals surface area contributed by atoms with Gasteiger partial charge < -0.3 is 29.3 Å². The van der Waals surface area contributed by atoms with Crippen molar-refractivity contribution in [3.63, 3.8) is 0 Å². The summed E-state index contributed by atoms with van der Waals surface area (Å²) >= 11 is 0. The number of allylic oxidation sites excluding steroid dienone is 1. The minimum Gasteiger partial charge on any atom is -0.545 e. The molecule has 4 aliphatic rings. The predicted molar refractivity (Wildman–Crippen MR) is 87.0 cm³/mol. The van der Waals surface area contributed by atoms with Gasteiger partial charge in [-0.3, -0.25) is 4.79 Å². The minimum absolute atomic E-state index is 0.124. The molecule has 3 atom stereocenters. The highest BCUT2D eigenvalue weighted by Crippen LogP contribution is 2.42. The lowest BCUT2D eigenvalue weighted by Crippen LogP contribution is -3.11. The molecular formula is C18H22FN3O4. The highest BCUT2D eigenvalue weighted by atomic mass is 19.1.